The third-order valence-corrected chi connectivity index (χ3v) is 3.77. The van der Waals surface area contributed by atoms with E-state index in [-0.39, 0.29) is 6.61 Å². The van der Waals surface area contributed by atoms with Gasteiger partial charge in [0.2, 0.25) is 0 Å². The van der Waals surface area contributed by atoms with Crippen molar-refractivity contribution in [1.29, 1.82) is 0 Å². The number of imidazole rings is 1. The van der Waals surface area contributed by atoms with Crippen molar-refractivity contribution in [2.45, 2.75) is 33.6 Å². The Labute approximate surface area is 114 Å². The second-order valence-corrected chi connectivity index (χ2v) is 5.20. The summed E-state index contributed by atoms with van der Waals surface area (Å²) in [6.45, 7) is 6.49. The van der Waals surface area contributed by atoms with E-state index in [1.54, 1.807) is 0 Å². The fraction of sp³-hybridized carbons (Fsp3) is 0.438. The Hall–Kier alpha value is -1.61. The minimum absolute atomic E-state index is 0.146. The van der Waals surface area contributed by atoms with E-state index in [2.05, 4.69) is 48.5 Å². The molecule has 3 nitrogen and oxygen atoms in total. The first-order chi connectivity index (χ1) is 9.02. The number of aliphatic hydroxyl groups excluding tert-OH is 1. The SMILES string of the molecule is Cc1ccc(C)c(Cc2nc(CCO)n(C)c2C)c1. The van der Waals surface area contributed by atoms with Crippen LogP contribution in [0.5, 0.6) is 0 Å². The fourth-order valence-electron chi connectivity index (χ4n) is 2.36. The van der Waals surface area contributed by atoms with Crippen LogP contribution in [0.1, 0.15) is 33.9 Å². The second-order valence-electron chi connectivity index (χ2n) is 5.20. The molecule has 0 fully saturated rings. The molecule has 0 saturated heterocycles. The van der Waals surface area contributed by atoms with Gasteiger partial charge in [-0.05, 0) is 31.9 Å². The van der Waals surface area contributed by atoms with Gasteiger partial charge in [0.05, 0.1) is 12.3 Å². The van der Waals surface area contributed by atoms with Crippen molar-refractivity contribution in [2.24, 2.45) is 7.05 Å². The van der Waals surface area contributed by atoms with Gasteiger partial charge < -0.3 is 9.67 Å². The molecular formula is C16H22N2O. The predicted octanol–water partition coefficient (Wildman–Crippen LogP) is 2.47. The summed E-state index contributed by atoms with van der Waals surface area (Å²) >= 11 is 0. The van der Waals surface area contributed by atoms with Gasteiger partial charge in [-0.3, -0.25) is 0 Å². The van der Waals surface area contributed by atoms with Crippen LogP contribution in [0.15, 0.2) is 18.2 Å². The van der Waals surface area contributed by atoms with Crippen molar-refractivity contribution in [3.8, 4) is 0 Å². The maximum Gasteiger partial charge on any atom is 0.111 e. The summed E-state index contributed by atoms with van der Waals surface area (Å²) in [6.07, 6.45) is 1.47. The maximum atomic E-state index is 9.06. The lowest BCUT2D eigenvalue weighted by Crippen LogP contribution is -2.01. The van der Waals surface area contributed by atoms with E-state index >= 15 is 0 Å². The molecule has 0 saturated carbocycles. The Morgan fingerprint density at radius 1 is 1.21 bits per heavy atom. The maximum absolute atomic E-state index is 9.06. The molecule has 0 aliphatic rings. The number of aromatic nitrogens is 2. The lowest BCUT2D eigenvalue weighted by Gasteiger charge is -2.06. The van der Waals surface area contributed by atoms with Crippen molar-refractivity contribution in [1.82, 2.24) is 9.55 Å². The van der Waals surface area contributed by atoms with E-state index in [1.807, 2.05) is 7.05 Å². The summed E-state index contributed by atoms with van der Waals surface area (Å²) in [5.41, 5.74) is 6.21. The number of hydrogen-bond donors (Lipinski definition) is 1. The second kappa shape index (κ2) is 5.57. The first-order valence-electron chi connectivity index (χ1n) is 6.71. The summed E-state index contributed by atoms with van der Waals surface area (Å²) in [5, 5.41) is 9.06. The molecule has 0 bridgehead atoms. The van der Waals surface area contributed by atoms with E-state index in [4.69, 9.17) is 5.11 Å². The largest absolute Gasteiger partial charge is 0.396 e. The molecule has 0 atom stereocenters. The molecule has 3 heteroatoms. The highest BCUT2D eigenvalue weighted by Gasteiger charge is 2.12. The summed E-state index contributed by atoms with van der Waals surface area (Å²) in [7, 11) is 2.01. The van der Waals surface area contributed by atoms with Gasteiger partial charge >= 0.3 is 0 Å². The Bertz CT molecular complexity index is 585. The van der Waals surface area contributed by atoms with Gasteiger partial charge in [-0.25, -0.2) is 4.98 Å². The Morgan fingerprint density at radius 2 is 1.95 bits per heavy atom. The molecule has 0 spiro atoms. The van der Waals surface area contributed by atoms with Crippen LogP contribution in [0, 0.1) is 20.8 Å². The summed E-state index contributed by atoms with van der Waals surface area (Å²) in [4.78, 5) is 4.67. The average molecular weight is 258 g/mol. The van der Waals surface area contributed by atoms with Crippen LogP contribution in [0.2, 0.25) is 0 Å². The lowest BCUT2D eigenvalue weighted by atomic mass is 10.0. The van der Waals surface area contributed by atoms with Gasteiger partial charge in [0, 0.05) is 25.6 Å². The van der Waals surface area contributed by atoms with Crippen LogP contribution in [0.25, 0.3) is 0 Å². The standard InChI is InChI=1S/C16H22N2O/c1-11-5-6-12(2)14(9-11)10-15-13(3)18(4)16(17-15)7-8-19/h5-6,9,19H,7-8,10H2,1-4H3. The minimum Gasteiger partial charge on any atom is -0.396 e. The molecule has 0 aliphatic carbocycles. The van der Waals surface area contributed by atoms with E-state index in [0.29, 0.717) is 6.42 Å². The van der Waals surface area contributed by atoms with E-state index < -0.39 is 0 Å². The Balaban J connectivity index is 2.33. The van der Waals surface area contributed by atoms with Gasteiger partial charge in [0.1, 0.15) is 5.82 Å². The van der Waals surface area contributed by atoms with Crippen LogP contribution in [0.3, 0.4) is 0 Å². The average Bonchev–Trinajstić information content (AvgIpc) is 2.63. The van der Waals surface area contributed by atoms with Crippen molar-refractivity contribution < 1.29 is 5.11 Å². The van der Waals surface area contributed by atoms with Crippen LogP contribution in [0.4, 0.5) is 0 Å². The van der Waals surface area contributed by atoms with Crippen molar-refractivity contribution in [2.75, 3.05) is 6.61 Å². The van der Waals surface area contributed by atoms with Gasteiger partial charge in [-0.1, -0.05) is 23.8 Å². The Morgan fingerprint density at radius 3 is 2.63 bits per heavy atom. The van der Waals surface area contributed by atoms with Gasteiger partial charge in [-0.15, -0.1) is 0 Å². The van der Waals surface area contributed by atoms with Crippen LogP contribution < -0.4 is 0 Å². The highest BCUT2D eigenvalue weighted by atomic mass is 16.3. The number of nitrogens with zero attached hydrogens (tertiary/aromatic N) is 2. The molecular weight excluding hydrogens is 236 g/mol. The highest BCUT2D eigenvalue weighted by molar-refractivity contribution is 5.34. The number of aryl methyl sites for hydroxylation is 2. The molecule has 0 amide bonds. The molecule has 0 unspecified atom stereocenters. The Kier molecular flexibility index (Phi) is 4.05. The normalized spacial score (nSPS) is 11.0. The topological polar surface area (TPSA) is 38.1 Å². The van der Waals surface area contributed by atoms with Crippen LogP contribution in [-0.4, -0.2) is 21.3 Å². The molecule has 102 valence electrons. The lowest BCUT2D eigenvalue weighted by molar-refractivity contribution is 0.295. The van der Waals surface area contributed by atoms with Gasteiger partial charge in [0.25, 0.3) is 0 Å². The molecule has 2 rings (SSSR count). The molecule has 0 radical (unpaired) electrons. The van der Waals surface area contributed by atoms with E-state index in [9.17, 15) is 0 Å². The molecule has 1 aromatic heterocycles. The molecule has 2 aromatic rings. The molecule has 19 heavy (non-hydrogen) atoms. The molecule has 1 N–H and O–H groups in total. The quantitative estimate of drug-likeness (QED) is 0.915. The van der Waals surface area contributed by atoms with Crippen LogP contribution in [-0.2, 0) is 19.9 Å². The molecule has 1 heterocycles. The van der Waals surface area contributed by atoms with Crippen molar-refractivity contribution >= 4 is 0 Å². The first kappa shape index (κ1) is 13.8. The first-order valence-corrected chi connectivity index (χ1v) is 6.71. The number of hydrogen-bond acceptors (Lipinski definition) is 2. The molecule has 1 aromatic carbocycles. The summed E-state index contributed by atoms with van der Waals surface area (Å²) in [5.74, 6) is 0.959. The van der Waals surface area contributed by atoms with E-state index in [1.165, 1.54) is 22.4 Å². The highest BCUT2D eigenvalue weighted by Crippen LogP contribution is 2.18. The summed E-state index contributed by atoms with van der Waals surface area (Å²) < 4.78 is 2.08. The van der Waals surface area contributed by atoms with Gasteiger partial charge in [-0.2, -0.15) is 0 Å². The van der Waals surface area contributed by atoms with Gasteiger partial charge in [0.15, 0.2) is 0 Å². The molecule has 0 aliphatic heterocycles. The minimum atomic E-state index is 0.146. The van der Waals surface area contributed by atoms with Crippen LogP contribution >= 0.6 is 0 Å². The predicted molar refractivity (Wildman–Crippen MR) is 77.5 cm³/mol. The van der Waals surface area contributed by atoms with E-state index in [0.717, 1.165) is 17.9 Å². The third-order valence-electron chi connectivity index (χ3n) is 3.77. The zero-order valence-corrected chi connectivity index (χ0v) is 12.2. The number of aliphatic hydroxyl groups is 1. The third kappa shape index (κ3) is 2.87. The van der Waals surface area contributed by atoms with Crippen molar-refractivity contribution in [3.05, 3.63) is 52.1 Å². The van der Waals surface area contributed by atoms with Crippen molar-refractivity contribution in [3.63, 3.8) is 0 Å². The smallest absolute Gasteiger partial charge is 0.111 e. The number of rotatable bonds is 4. The monoisotopic (exact) mass is 258 g/mol. The fourth-order valence-corrected chi connectivity index (χ4v) is 2.36. The summed E-state index contributed by atoms with van der Waals surface area (Å²) in [6, 6.07) is 6.54. The number of benzene rings is 1. The zero-order valence-electron chi connectivity index (χ0n) is 12.2. The zero-order chi connectivity index (χ0) is 14.0.